The molecule has 0 unspecified atom stereocenters. The van der Waals surface area contributed by atoms with E-state index in [2.05, 4.69) is 25.4 Å². The van der Waals surface area contributed by atoms with Crippen molar-refractivity contribution in [3.05, 3.63) is 37.0 Å². The zero-order chi connectivity index (χ0) is 13.6. The maximum Gasteiger partial charge on any atom is 0.407 e. The van der Waals surface area contributed by atoms with E-state index < -0.39 is 0 Å². The first-order valence-electron chi connectivity index (χ1n) is 6.59. The molecule has 0 aliphatic rings. The molecule has 0 aromatic rings. The minimum Gasteiger partial charge on any atom is -0.445 e. The van der Waals surface area contributed by atoms with Gasteiger partial charge in [-0.1, -0.05) is 64.0 Å². The summed E-state index contributed by atoms with van der Waals surface area (Å²) < 4.78 is 5.04. The molecule has 0 aliphatic heterocycles. The number of alkyl carbamates (subject to hydrolysis) is 1. The van der Waals surface area contributed by atoms with Crippen molar-refractivity contribution in [1.29, 1.82) is 0 Å². The van der Waals surface area contributed by atoms with Crippen LogP contribution in [0, 0.1) is 0 Å². The molecule has 0 aromatic carbocycles. The maximum atomic E-state index is 11.3. The van der Waals surface area contributed by atoms with Gasteiger partial charge in [0.1, 0.15) is 6.61 Å². The molecule has 0 saturated carbocycles. The van der Waals surface area contributed by atoms with Crippen LogP contribution < -0.4 is 5.32 Å². The third-order valence-corrected chi connectivity index (χ3v) is 2.51. The fraction of sp³-hybridized carbons (Fsp3) is 0.533. The second kappa shape index (κ2) is 12.0. The van der Waals surface area contributed by atoms with Gasteiger partial charge >= 0.3 is 6.09 Å². The van der Waals surface area contributed by atoms with Crippen LogP contribution in [0.25, 0.3) is 0 Å². The first kappa shape index (κ1) is 16.5. The van der Waals surface area contributed by atoms with Gasteiger partial charge in [-0.15, -0.1) is 0 Å². The van der Waals surface area contributed by atoms with Gasteiger partial charge in [-0.3, -0.25) is 0 Å². The van der Waals surface area contributed by atoms with E-state index in [-0.39, 0.29) is 12.7 Å². The smallest absolute Gasteiger partial charge is 0.407 e. The topological polar surface area (TPSA) is 38.3 Å². The van der Waals surface area contributed by atoms with Crippen LogP contribution in [0.4, 0.5) is 4.79 Å². The average molecular weight is 251 g/mol. The van der Waals surface area contributed by atoms with Gasteiger partial charge in [0.2, 0.25) is 0 Å². The molecular formula is C15H25NO2. The van der Waals surface area contributed by atoms with E-state index in [4.69, 9.17) is 4.74 Å². The van der Waals surface area contributed by atoms with E-state index in [9.17, 15) is 4.79 Å². The molecular weight excluding hydrogens is 226 g/mol. The Labute approximate surface area is 111 Å². The second-order valence-corrected chi connectivity index (χ2v) is 4.10. The molecule has 0 aromatic heterocycles. The molecule has 1 amide bonds. The van der Waals surface area contributed by atoms with Crippen LogP contribution in [-0.2, 0) is 4.74 Å². The van der Waals surface area contributed by atoms with Gasteiger partial charge < -0.3 is 10.1 Å². The van der Waals surface area contributed by atoms with Gasteiger partial charge in [-0.2, -0.15) is 0 Å². The maximum absolute atomic E-state index is 11.3. The quantitative estimate of drug-likeness (QED) is 0.471. The summed E-state index contributed by atoms with van der Waals surface area (Å²) in [6, 6.07) is 0. The van der Waals surface area contributed by atoms with Crippen molar-refractivity contribution in [1.82, 2.24) is 5.32 Å². The number of hydrogen-bond acceptors (Lipinski definition) is 2. The summed E-state index contributed by atoms with van der Waals surface area (Å²) in [5, 5.41) is 2.73. The molecule has 0 saturated heterocycles. The van der Waals surface area contributed by atoms with E-state index in [1.54, 1.807) is 18.2 Å². The van der Waals surface area contributed by atoms with Crippen molar-refractivity contribution in [3.8, 4) is 0 Å². The largest absolute Gasteiger partial charge is 0.445 e. The Morgan fingerprint density at radius 2 is 1.94 bits per heavy atom. The third-order valence-electron chi connectivity index (χ3n) is 2.51. The Morgan fingerprint density at radius 3 is 2.56 bits per heavy atom. The van der Waals surface area contributed by atoms with E-state index in [0.29, 0.717) is 6.54 Å². The van der Waals surface area contributed by atoms with Crippen LogP contribution in [0.1, 0.15) is 39.0 Å². The Bertz CT molecular complexity index is 282. The van der Waals surface area contributed by atoms with Crippen LogP contribution >= 0.6 is 0 Å². The summed E-state index contributed by atoms with van der Waals surface area (Å²) in [5.41, 5.74) is 0.836. The molecule has 1 N–H and O–H groups in total. The normalized spacial score (nSPS) is 10.8. The Morgan fingerprint density at radius 1 is 1.22 bits per heavy atom. The molecule has 0 aliphatic carbocycles. The van der Waals surface area contributed by atoms with E-state index >= 15 is 0 Å². The number of rotatable bonds is 10. The number of amides is 1. The summed E-state index contributed by atoms with van der Waals surface area (Å²) >= 11 is 0. The number of carbonyl (C=O) groups is 1. The standard InChI is InChI=1S/C15H25NO2/c1-4-7-8-9-10-12-16-15(17)18-13-14(6-3)11-5-2/h5-6,11H,2-4,7-10,12-13H2,1H3,(H,16,17)/b14-11+. The van der Waals surface area contributed by atoms with Gasteiger partial charge in [-0.25, -0.2) is 4.79 Å². The van der Waals surface area contributed by atoms with E-state index in [0.717, 1.165) is 18.4 Å². The van der Waals surface area contributed by atoms with Crippen LogP contribution in [0.15, 0.2) is 37.0 Å². The Hall–Kier alpha value is -1.51. The molecule has 0 radical (unpaired) electrons. The van der Waals surface area contributed by atoms with Crippen LogP contribution in [-0.4, -0.2) is 19.2 Å². The van der Waals surface area contributed by atoms with Crippen molar-refractivity contribution >= 4 is 6.09 Å². The van der Waals surface area contributed by atoms with Crippen LogP contribution in [0.2, 0.25) is 0 Å². The zero-order valence-corrected chi connectivity index (χ0v) is 11.4. The van der Waals surface area contributed by atoms with Gasteiger partial charge in [-0.05, 0) is 12.0 Å². The fourth-order valence-corrected chi connectivity index (χ4v) is 1.45. The fourth-order valence-electron chi connectivity index (χ4n) is 1.45. The molecule has 0 fully saturated rings. The lowest BCUT2D eigenvalue weighted by Crippen LogP contribution is -2.25. The lowest BCUT2D eigenvalue weighted by molar-refractivity contribution is 0.156. The first-order chi connectivity index (χ1) is 8.74. The van der Waals surface area contributed by atoms with Crippen molar-refractivity contribution < 1.29 is 9.53 Å². The van der Waals surface area contributed by atoms with Crippen molar-refractivity contribution in [2.75, 3.05) is 13.2 Å². The number of allylic oxidation sites excluding steroid dienone is 2. The highest BCUT2D eigenvalue weighted by atomic mass is 16.5. The van der Waals surface area contributed by atoms with Gasteiger partial charge in [0, 0.05) is 6.54 Å². The highest BCUT2D eigenvalue weighted by Crippen LogP contribution is 2.01. The lowest BCUT2D eigenvalue weighted by atomic mass is 10.1. The highest BCUT2D eigenvalue weighted by Gasteiger charge is 2.01. The number of hydrogen-bond donors (Lipinski definition) is 1. The first-order valence-corrected chi connectivity index (χ1v) is 6.59. The van der Waals surface area contributed by atoms with Gasteiger partial charge in [0.25, 0.3) is 0 Å². The summed E-state index contributed by atoms with van der Waals surface area (Å²) in [4.78, 5) is 11.3. The number of nitrogens with one attached hydrogen (secondary N) is 1. The molecule has 102 valence electrons. The molecule has 0 spiro atoms. The average Bonchev–Trinajstić information content (AvgIpc) is 2.38. The summed E-state index contributed by atoms with van der Waals surface area (Å²) in [5.74, 6) is 0. The van der Waals surface area contributed by atoms with E-state index in [1.807, 2.05) is 0 Å². The summed E-state index contributed by atoms with van der Waals surface area (Å²) in [6.45, 7) is 10.3. The minimum atomic E-state index is -0.373. The molecule has 0 heterocycles. The summed E-state index contributed by atoms with van der Waals surface area (Å²) in [7, 11) is 0. The van der Waals surface area contributed by atoms with Crippen molar-refractivity contribution in [3.63, 3.8) is 0 Å². The molecule has 3 heteroatoms. The van der Waals surface area contributed by atoms with E-state index in [1.165, 1.54) is 19.3 Å². The molecule has 18 heavy (non-hydrogen) atoms. The van der Waals surface area contributed by atoms with Crippen LogP contribution in [0.5, 0.6) is 0 Å². The number of unbranched alkanes of at least 4 members (excludes halogenated alkanes) is 4. The predicted octanol–water partition coefficient (Wildman–Crippen LogP) is 3.98. The molecule has 0 rings (SSSR count). The second-order valence-electron chi connectivity index (χ2n) is 4.10. The van der Waals surface area contributed by atoms with Crippen LogP contribution in [0.3, 0.4) is 0 Å². The third kappa shape index (κ3) is 9.70. The number of carbonyl (C=O) groups excluding carboxylic acids is 1. The predicted molar refractivity (Wildman–Crippen MR) is 76.6 cm³/mol. The van der Waals surface area contributed by atoms with Crippen molar-refractivity contribution in [2.45, 2.75) is 39.0 Å². The Kier molecular flexibility index (Phi) is 11.0. The highest BCUT2D eigenvalue weighted by molar-refractivity contribution is 5.67. The molecule has 3 nitrogen and oxygen atoms in total. The lowest BCUT2D eigenvalue weighted by Gasteiger charge is -2.07. The van der Waals surface area contributed by atoms with Gasteiger partial charge in [0.05, 0.1) is 0 Å². The minimum absolute atomic E-state index is 0.233. The SMILES string of the molecule is C=C/C=C(\C=C)COC(=O)NCCCCCCC. The van der Waals surface area contributed by atoms with Crippen molar-refractivity contribution in [2.24, 2.45) is 0 Å². The zero-order valence-electron chi connectivity index (χ0n) is 11.4. The number of ether oxygens (including phenoxy) is 1. The molecule has 0 atom stereocenters. The monoisotopic (exact) mass is 251 g/mol. The Balaban J connectivity index is 3.56. The molecule has 0 bridgehead atoms. The van der Waals surface area contributed by atoms with Gasteiger partial charge in [0.15, 0.2) is 0 Å². The summed E-state index contributed by atoms with van der Waals surface area (Å²) in [6.07, 6.45) is 10.6.